The number of hydrogen-bond acceptors (Lipinski definition) is 4. The summed E-state index contributed by atoms with van der Waals surface area (Å²) in [4.78, 5) is 14.2. The van der Waals surface area contributed by atoms with E-state index in [-0.39, 0.29) is 23.5 Å². The zero-order chi connectivity index (χ0) is 16.5. The Kier molecular flexibility index (Phi) is 5.11. The fourth-order valence-electron chi connectivity index (χ4n) is 2.35. The van der Waals surface area contributed by atoms with Gasteiger partial charge in [0.2, 0.25) is 5.91 Å². The Labute approximate surface area is 132 Å². The SMILES string of the molecule is C[C@@H](Sc1ccc(F)c(F)c1)C(=O)N(C)[C@H]1CCS(=O)(=O)C1. The summed E-state index contributed by atoms with van der Waals surface area (Å²) in [6.45, 7) is 1.66. The van der Waals surface area contributed by atoms with E-state index in [0.29, 0.717) is 11.3 Å². The molecule has 0 unspecified atom stereocenters. The normalized spacial score (nSPS) is 21.5. The van der Waals surface area contributed by atoms with Crippen molar-refractivity contribution in [3.63, 3.8) is 0 Å². The zero-order valence-electron chi connectivity index (χ0n) is 12.3. The van der Waals surface area contributed by atoms with Crippen LogP contribution in [0.15, 0.2) is 23.1 Å². The standard InChI is InChI=1S/C14H17F2NO3S2/c1-9(21-11-3-4-12(15)13(16)7-11)14(18)17(2)10-5-6-22(19,20)8-10/h3-4,7,9-10H,5-6,8H2,1-2H3/t9-,10+/m1/s1. The third-order valence-corrected chi connectivity index (χ3v) is 6.49. The molecular formula is C14H17F2NO3S2. The molecule has 1 aromatic carbocycles. The highest BCUT2D eigenvalue weighted by Gasteiger charge is 2.34. The Hall–Kier alpha value is -1.15. The van der Waals surface area contributed by atoms with Gasteiger partial charge in [0, 0.05) is 18.0 Å². The van der Waals surface area contributed by atoms with E-state index in [9.17, 15) is 22.0 Å². The summed E-state index contributed by atoms with van der Waals surface area (Å²) in [7, 11) is -1.48. The molecule has 1 aliphatic rings. The van der Waals surface area contributed by atoms with Crippen LogP contribution in [0.5, 0.6) is 0 Å². The highest BCUT2D eigenvalue weighted by atomic mass is 32.2. The van der Waals surface area contributed by atoms with E-state index < -0.39 is 26.7 Å². The van der Waals surface area contributed by atoms with Gasteiger partial charge in [-0.15, -0.1) is 11.8 Å². The largest absolute Gasteiger partial charge is 0.341 e. The second-order valence-corrected chi connectivity index (χ2v) is 8.98. The maximum atomic E-state index is 13.2. The van der Waals surface area contributed by atoms with Gasteiger partial charge in [-0.2, -0.15) is 0 Å². The smallest absolute Gasteiger partial charge is 0.235 e. The summed E-state index contributed by atoms with van der Waals surface area (Å²) in [6.07, 6.45) is 0.438. The van der Waals surface area contributed by atoms with Gasteiger partial charge < -0.3 is 4.90 Å². The summed E-state index contributed by atoms with van der Waals surface area (Å²) >= 11 is 1.11. The van der Waals surface area contributed by atoms with Crippen molar-refractivity contribution in [1.29, 1.82) is 0 Å². The van der Waals surface area contributed by atoms with Crippen LogP contribution in [0, 0.1) is 11.6 Å². The van der Waals surface area contributed by atoms with Crippen LogP contribution in [0.2, 0.25) is 0 Å². The third-order valence-electron chi connectivity index (χ3n) is 3.66. The minimum Gasteiger partial charge on any atom is -0.341 e. The molecule has 1 fully saturated rings. The van der Waals surface area contributed by atoms with Gasteiger partial charge in [-0.1, -0.05) is 0 Å². The average molecular weight is 349 g/mol. The first-order chi connectivity index (χ1) is 10.2. The van der Waals surface area contributed by atoms with Gasteiger partial charge in [0.05, 0.1) is 16.8 Å². The molecule has 0 N–H and O–H groups in total. The molecule has 0 radical (unpaired) electrons. The number of rotatable bonds is 4. The number of nitrogens with zero attached hydrogens (tertiary/aromatic N) is 1. The van der Waals surface area contributed by atoms with Gasteiger partial charge in [0.1, 0.15) is 0 Å². The Morgan fingerprint density at radius 2 is 2.05 bits per heavy atom. The van der Waals surface area contributed by atoms with Crippen LogP contribution in [-0.2, 0) is 14.6 Å². The number of sulfone groups is 1. The Morgan fingerprint density at radius 1 is 1.36 bits per heavy atom. The highest BCUT2D eigenvalue weighted by molar-refractivity contribution is 8.00. The second kappa shape index (κ2) is 6.54. The van der Waals surface area contributed by atoms with Gasteiger partial charge in [0.15, 0.2) is 21.5 Å². The molecule has 0 aromatic heterocycles. The Balaban J connectivity index is 2.01. The minimum atomic E-state index is -3.06. The van der Waals surface area contributed by atoms with E-state index in [1.54, 1.807) is 14.0 Å². The fraction of sp³-hybridized carbons (Fsp3) is 0.500. The van der Waals surface area contributed by atoms with Crippen molar-refractivity contribution in [2.24, 2.45) is 0 Å². The summed E-state index contributed by atoms with van der Waals surface area (Å²) in [5.41, 5.74) is 0. The maximum Gasteiger partial charge on any atom is 0.235 e. The lowest BCUT2D eigenvalue weighted by Crippen LogP contribution is -2.41. The van der Waals surface area contributed by atoms with Crippen molar-refractivity contribution in [2.45, 2.75) is 29.5 Å². The van der Waals surface area contributed by atoms with Crippen LogP contribution >= 0.6 is 11.8 Å². The Morgan fingerprint density at radius 3 is 2.59 bits per heavy atom. The van der Waals surface area contributed by atoms with Crippen molar-refractivity contribution in [3.05, 3.63) is 29.8 Å². The van der Waals surface area contributed by atoms with E-state index in [1.807, 2.05) is 0 Å². The van der Waals surface area contributed by atoms with Crippen LogP contribution in [0.1, 0.15) is 13.3 Å². The molecule has 0 aliphatic carbocycles. The molecule has 0 saturated carbocycles. The molecule has 1 heterocycles. The molecule has 1 amide bonds. The molecule has 22 heavy (non-hydrogen) atoms. The molecule has 1 aliphatic heterocycles. The van der Waals surface area contributed by atoms with Gasteiger partial charge in [-0.25, -0.2) is 17.2 Å². The zero-order valence-corrected chi connectivity index (χ0v) is 13.9. The lowest BCUT2D eigenvalue weighted by Gasteiger charge is -2.26. The molecule has 1 saturated heterocycles. The van der Waals surface area contributed by atoms with E-state index in [1.165, 1.54) is 11.0 Å². The third kappa shape index (κ3) is 3.98. The van der Waals surface area contributed by atoms with E-state index in [2.05, 4.69) is 0 Å². The predicted octanol–water partition coefficient (Wildman–Crippen LogP) is 2.09. The topological polar surface area (TPSA) is 54.5 Å². The molecular weight excluding hydrogens is 332 g/mol. The molecule has 2 atom stereocenters. The van der Waals surface area contributed by atoms with Gasteiger partial charge in [0.25, 0.3) is 0 Å². The quantitative estimate of drug-likeness (QED) is 0.781. The maximum absolute atomic E-state index is 13.2. The minimum absolute atomic E-state index is 0.0161. The summed E-state index contributed by atoms with van der Waals surface area (Å²) in [5.74, 6) is -2.04. The van der Waals surface area contributed by atoms with E-state index in [0.717, 1.165) is 23.9 Å². The van der Waals surface area contributed by atoms with Crippen LogP contribution in [-0.4, -0.2) is 49.1 Å². The number of halogens is 2. The van der Waals surface area contributed by atoms with E-state index in [4.69, 9.17) is 0 Å². The number of hydrogen-bond donors (Lipinski definition) is 0. The van der Waals surface area contributed by atoms with Crippen molar-refractivity contribution in [3.8, 4) is 0 Å². The second-order valence-electron chi connectivity index (χ2n) is 5.34. The van der Waals surface area contributed by atoms with Gasteiger partial charge in [-0.3, -0.25) is 4.79 Å². The van der Waals surface area contributed by atoms with Crippen molar-refractivity contribution in [1.82, 2.24) is 4.90 Å². The van der Waals surface area contributed by atoms with Crippen LogP contribution in [0.4, 0.5) is 8.78 Å². The van der Waals surface area contributed by atoms with Crippen molar-refractivity contribution >= 4 is 27.5 Å². The monoisotopic (exact) mass is 349 g/mol. The molecule has 4 nitrogen and oxygen atoms in total. The van der Waals surface area contributed by atoms with Crippen molar-refractivity contribution in [2.75, 3.05) is 18.6 Å². The first kappa shape index (κ1) is 17.2. The first-order valence-corrected chi connectivity index (χ1v) is 9.48. The highest BCUT2D eigenvalue weighted by Crippen LogP contribution is 2.27. The molecule has 2 rings (SSSR count). The fourth-order valence-corrected chi connectivity index (χ4v) is 5.12. The number of carbonyl (C=O) groups is 1. The summed E-state index contributed by atoms with van der Waals surface area (Å²) < 4.78 is 49.0. The molecule has 0 spiro atoms. The van der Waals surface area contributed by atoms with E-state index >= 15 is 0 Å². The summed E-state index contributed by atoms with van der Waals surface area (Å²) in [6, 6.07) is 3.16. The van der Waals surface area contributed by atoms with Gasteiger partial charge in [-0.05, 0) is 31.5 Å². The van der Waals surface area contributed by atoms with Crippen LogP contribution < -0.4 is 0 Å². The van der Waals surface area contributed by atoms with Crippen LogP contribution in [0.25, 0.3) is 0 Å². The van der Waals surface area contributed by atoms with Crippen molar-refractivity contribution < 1.29 is 22.0 Å². The average Bonchev–Trinajstić information content (AvgIpc) is 2.81. The lowest BCUT2D eigenvalue weighted by atomic mass is 10.2. The number of carbonyl (C=O) groups excluding carboxylic acids is 1. The number of amides is 1. The molecule has 1 aromatic rings. The summed E-state index contributed by atoms with van der Waals surface area (Å²) in [5, 5.41) is -0.516. The number of thioether (sulfide) groups is 1. The number of benzene rings is 1. The van der Waals surface area contributed by atoms with Crippen LogP contribution in [0.3, 0.4) is 0 Å². The molecule has 0 bridgehead atoms. The Bertz CT molecular complexity index is 679. The molecule has 122 valence electrons. The lowest BCUT2D eigenvalue weighted by molar-refractivity contribution is -0.130. The predicted molar refractivity (Wildman–Crippen MR) is 81.5 cm³/mol. The molecule has 8 heteroatoms. The first-order valence-electron chi connectivity index (χ1n) is 6.78. The van der Waals surface area contributed by atoms with Gasteiger partial charge >= 0.3 is 0 Å².